The minimum atomic E-state index is -6.24. The zero-order valence-electron chi connectivity index (χ0n) is 12.4. The quantitative estimate of drug-likeness (QED) is 0.363. The Bertz CT molecular complexity index is 1090. The number of halogens is 4. The van der Waals surface area contributed by atoms with Crippen molar-refractivity contribution in [3.63, 3.8) is 0 Å². The molecule has 0 radical (unpaired) electrons. The van der Waals surface area contributed by atoms with E-state index < -0.39 is 61.2 Å². The number of rotatable bonds is 4. The molecule has 1 saturated carbocycles. The lowest BCUT2D eigenvalue weighted by molar-refractivity contribution is -0.0500. The summed E-state index contributed by atoms with van der Waals surface area (Å²) in [5.41, 5.74) is -8.33. The Morgan fingerprint density at radius 1 is 1.35 bits per heavy atom. The van der Waals surface area contributed by atoms with Crippen LogP contribution in [0.5, 0.6) is 5.75 Å². The number of alkyl halides is 3. The van der Waals surface area contributed by atoms with Gasteiger partial charge in [-0.1, -0.05) is 0 Å². The van der Waals surface area contributed by atoms with Gasteiger partial charge in [0.25, 0.3) is 5.95 Å². The van der Waals surface area contributed by atoms with Gasteiger partial charge in [-0.05, 0) is 12.8 Å². The summed E-state index contributed by atoms with van der Waals surface area (Å²) in [5.74, 6) is -4.72. The molecule has 0 amide bonds. The van der Waals surface area contributed by atoms with Gasteiger partial charge in [0, 0.05) is 18.4 Å². The van der Waals surface area contributed by atoms with E-state index in [-0.39, 0.29) is 0 Å². The molecule has 0 atom stereocenters. The number of aromatic nitrogens is 2. The topological polar surface area (TPSA) is 116 Å². The highest BCUT2D eigenvalue weighted by atomic mass is 32.2. The highest BCUT2D eigenvalue weighted by Crippen LogP contribution is 2.40. The molecule has 1 fully saturated rings. The maximum atomic E-state index is 14.0. The summed E-state index contributed by atoms with van der Waals surface area (Å²) in [7, 11) is -6.24. The van der Waals surface area contributed by atoms with Crippen molar-refractivity contribution in [2.45, 2.75) is 24.4 Å². The van der Waals surface area contributed by atoms with Crippen molar-refractivity contribution in [2.24, 2.45) is 0 Å². The molecule has 0 saturated heterocycles. The molecule has 1 N–H and O–H groups in total. The Kier molecular flexibility index (Phi) is 3.94. The van der Waals surface area contributed by atoms with Crippen molar-refractivity contribution in [3.05, 3.63) is 34.1 Å². The summed E-state index contributed by atoms with van der Waals surface area (Å²) >= 11 is 0. The number of hydrogen-bond acceptors (Lipinski definition) is 6. The van der Waals surface area contributed by atoms with Crippen LogP contribution in [-0.4, -0.2) is 34.6 Å². The van der Waals surface area contributed by atoms with E-state index in [1.807, 2.05) is 0 Å². The van der Waals surface area contributed by atoms with Crippen molar-refractivity contribution >= 4 is 27.0 Å². The van der Waals surface area contributed by atoms with Crippen LogP contribution in [0.3, 0.4) is 0 Å². The van der Waals surface area contributed by atoms with Crippen LogP contribution in [-0.2, 0) is 10.1 Å². The second kappa shape index (κ2) is 5.65. The number of hydrogen-bond donors (Lipinski definition) is 1. The largest absolute Gasteiger partial charge is 0.534 e. The highest BCUT2D eigenvalue weighted by Gasteiger charge is 2.49. The number of carboxylic acids is 1. The Labute approximate surface area is 141 Å². The zero-order valence-corrected chi connectivity index (χ0v) is 13.3. The maximum absolute atomic E-state index is 14.0. The molecule has 140 valence electrons. The van der Waals surface area contributed by atoms with Gasteiger partial charge in [-0.3, -0.25) is 4.79 Å². The summed E-state index contributed by atoms with van der Waals surface area (Å²) in [5, 5.41) is 8.51. The van der Waals surface area contributed by atoms with E-state index in [4.69, 9.17) is 5.11 Å². The monoisotopic (exact) mass is 396 g/mol. The molecule has 13 heteroatoms. The Morgan fingerprint density at radius 2 is 1.96 bits per heavy atom. The van der Waals surface area contributed by atoms with Crippen molar-refractivity contribution < 1.29 is 40.1 Å². The molecular formula is C13H8F4N2O6S. The number of carbonyl (C=O) groups is 1. The fraction of sp³-hybridized carbons (Fsp3) is 0.308. The van der Waals surface area contributed by atoms with Gasteiger partial charge in [-0.15, -0.1) is 0 Å². The lowest BCUT2D eigenvalue weighted by Crippen LogP contribution is -2.29. The minimum Gasteiger partial charge on any atom is -0.477 e. The summed E-state index contributed by atoms with van der Waals surface area (Å²) in [4.78, 5) is 26.4. The van der Waals surface area contributed by atoms with E-state index in [2.05, 4.69) is 9.17 Å². The molecule has 0 aliphatic heterocycles. The molecule has 1 aliphatic rings. The van der Waals surface area contributed by atoms with Crippen LogP contribution in [0.4, 0.5) is 17.6 Å². The average molecular weight is 396 g/mol. The van der Waals surface area contributed by atoms with Gasteiger partial charge in [0.15, 0.2) is 0 Å². The summed E-state index contributed by atoms with van der Waals surface area (Å²) in [6, 6.07) is -0.450. The lowest BCUT2D eigenvalue weighted by atomic mass is 10.1. The van der Waals surface area contributed by atoms with Crippen LogP contribution in [0, 0.1) is 5.95 Å². The number of pyridine rings is 2. The summed E-state index contributed by atoms with van der Waals surface area (Å²) in [6.45, 7) is 0. The van der Waals surface area contributed by atoms with E-state index in [0.29, 0.717) is 19.0 Å². The van der Waals surface area contributed by atoms with E-state index in [0.717, 1.165) is 10.8 Å². The van der Waals surface area contributed by atoms with Gasteiger partial charge in [0.2, 0.25) is 11.2 Å². The van der Waals surface area contributed by atoms with Crippen molar-refractivity contribution in [1.82, 2.24) is 9.55 Å². The third kappa shape index (κ3) is 2.87. The normalized spacial score (nSPS) is 15.2. The lowest BCUT2D eigenvalue weighted by Gasteiger charge is -2.16. The Hall–Kier alpha value is -2.70. The van der Waals surface area contributed by atoms with Crippen molar-refractivity contribution in [2.75, 3.05) is 0 Å². The Morgan fingerprint density at radius 3 is 2.46 bits per heavy atom. The first-order valence-electron chi connectivity index (χ1n) is 6.91. The third-order valence-electron chi connectivity index (χ3n) is 3.63. The molecule has 26 heavy (non-hydrogen) atoms. The second-order valence-corrected chi connectivity index (χ2v) is 6.98. The van der Waals surface area contributed by atoms with Gasteiger partial charge in [-0.25, -0.2) is 9.78 Å². The minimum absolute atomic E-state index is 0.450. The second-order valence-electron chi connectivity index (χ2n) is 5.44. The molecule has 2 aromatic heterocycles. The van der Waals surface area contributed by atoms with Crippen LogP contribution in [0.15, 0.2) is 17.2 Å². The van der Waals surface area contributed by atoms with Crippen LogP contribution < -0.4 is 9.61 Å². The predicted octanol–water partition coefficient (Wildman–Crippen LogP) is 1.80. The number of carboxylic acid groups (broad SMARTS) is 1. The molecule has 0 aromatic carbocycles. The zero-order chi connectivity index (χ0) is 19.4. The number of aromatic carboxylic acids is 1. The first-order valence-corrected chi connectivity index (χ1v) is 8.32. The predicted molar refractivity (Wildman–Crippen MR) is 76.8 cm³/mol. The molecule has 0 bridgehead atoms. The molecule has 0 unspecified atom stereocenters. The highest BCUT2D eigenvalue weighted by molar-refractivity contribution is 7.88. The SMILES string of the molecule is O=C(O)c1cn(C2CC2)c2c(OS(=O)(=O)C(F)(F)F)c(F)ncc2c1=O. The fourth-order valence-electron chi connectivity index (χ4n) is 2.31. The van der Waals surface area contributed by atoms with Gasteiger partial charge < -0.3 is 13.9 Å². The van der Waals surface area contributed by atoms with Crippen molar-refractivity contribution in [3.8, 4) is 5.75 Å². The third-order valence-corrected chi connectivity index (χ3v) is 4.58. The van der Waals surface area contributed by atoms with Gasteiger partial charge in [-0.2, -0.15) is 26.0 Å². The van der Waals surface area contributed by atoms with E-state index >= 15 is 0 Å². The van der Waals surface area contributed by atoms with Crippen LogP contribution in [0.2, 0.25) is 0 Å². The smallest absolute Gasteiger partial charge is 0.477 e. The maximum Gasteiger partial charge on any atom is 0.534 e. The molecule has 1 aliphatic carbocycles. The van der Waals surface area contributed by atoms with E-state index in [9.17, 15) is 35.6 Å². The molecular weight excluding hydrogens is 388 g/mol. The fourth-order valence-corrected chi connectivity index (χ4v) is 2.78. The molecule has 0 spiro atoms. The first-order chi connectivity index (χ1) is 11.9. The summed E-state index contributed by atoms with van der Waals surface area (Å²) < 4.78 is 79.1. The first kappa shape index (κ1) is 18.1. The van der Waals surface area contributed by atoms with Crippen LogP contribution in [0.25, 0.3) is 10.9 Å². The average Bonchev–Trinajstić information content (AvgIpc) is 3.33. The van der Waals surface area contributed by atoms with Gasteiger partial charge in [0.05, 0.1) is 5.39 Å². The molecule has 3 rings (SSSR count). The molecule has 8 nitrogen and oxygen atoms in total. The van der Waals surface area contributed by atoms with Gasteiger partial charge >= 0.3 is 21.6 Å². The van der Waals surface area contributed by atoms with Crippen LogP contribution in [0.1, 0.15) is 29.2 Å². The van der Waals surface area contributed by atoms with E-state index in [1.54, 1.807) is 0 Å². The molecule has 2 aromatic rings. The number of nitrogens with zero attached hydrogens (tertiary/aromatic N) is 2. The molecule has 2 heterocycles. The Balaban J connectivity index is 2.37. The summed E-state index contributed by atoms with van der Waals surface area (Å²) in [6.07, 6.45) is 2.36. The van der Waals surface area contributed by atoms with E-state index in [1.165, 1.54) is 0 Å². The van der Waals surface area contributed by atoms with Crippen LogP contribution >= 0.6 is 0 Å². The standard InChI is InChI=1S/C13H8F4N2O6S/c14-11-10(25-26(23,24)13(15,16)17)8-6(3-18-11)9(20)7(12(21)22)4-19(8)5-1-2-5/h3-5H,1-2H2,(H,21,22). The van der Waals surface area contributed by atoms with Crippen molar-refractivity contribution in [1.29, 1.82) is 0 Å². The van der Waals surface area contributed by atoms with Gasteiger partial charge in [0.1, 0.15) is 11.1 Å². The number of fused-ring (bicyclic) bond motifs is 1.